The van der Waals surface area contributed by atoms with Gasteiger partial charge in [0.25, 0.3) is 5.89 Å². The Morgan fingerprint density at radius 3 is 2.86 bits per heavy atom. The zero-order valence-electron chi connectivity index (χ0n) is 11.9. The number of rotatable bonds is 5. The largest absolute Gasteiger partial charge is 0.449 e. The van der Waals surface area contributed by atoms with Crippen LogP contribution in [0.5, 0.6) is 0 Å². The highest BCUT2D eigenvalue weighted by molar-refractivity contribution is 7.99. The van der Waals surface area contributed by atoms with Crippen LogP contribution in [0.15, 0.2) is 27.5 Å². The van der Waals surface area contributed by atoms with E-state index in [2.05, 4.69) is 10.2 Å². The average molecular weight is 327 g/mol. The molecule has 0 spiro atoms. The van der Waals surface area contributed by atoms with E-state index in [0.29, 0.717) is 16.5 Å². The molecular weight excluding hydrogens is 312 g/mol. The van der Waals surface area contributed by atoms with Crippen LogP contribution in [0, 0.1) is 6.92 Å². The van der Waals surface area contributed by atoms with Crippen LogP contribution in [0.4, 0.5) is 0 Å². The number of hydrogen-bond donors (Lipinski definition) is 0. The highest BCUT2D eigenvalue weighted by Crippen LogP contribution is 2.28. The number of nitrogens with zero attached hydrogens (tertiary/aromatic N) is 2. The minimum absolute atomic E-state index is 0.277. The molecule has 0 saturated carbocycles. The molecule has 7 heteroatoms. The van der Waals surface area contributed by atoms with Gasteiger partial charge >= 0.3 is 5.97 Å². The first-order valence-electron chi connectivity index (χ1n) is 6.44. The summed E-state index contributed by atoms with van der Waals surface area (Å²) in [5.41, 5.74) is 0.481. The van der Waals surface area contributed by atoms with E-state index in [0.717, 1.165) is 10.6 Å². The zero-order valence-corrected chi connectivity index (χ0v) is 13.5. The first-order valence-corrected chi connectivity index (χ1v) is 7.81. The molecule has 112 valence electrons. The lowest BCUT2D eigenvalue weighted by Crippen LogP contribution is -2.10. The van der Waals surface area contributed by atoms with Gasteiger partial charge in [-0.05, 0) is 30.9 Å². The number of ether oxygens (including phenoxy) is 1. The standard InChI is InChI=1S/C14H15ClN2O3S/c1-4-21-12-7-10(15)5-6-11(12)14(18)19-8(2)13-17-16-9(3)20-13/h5-8H,4H2,1-3H3/t8-/m0/s1. The molecule has 21 heavy (non-hydrogen) atoms. The number of aryl methyl sites for hydroxylation is 1. The third-order valence-electron chi connectivity index (χ3n) is 2.64. The molecule has 0 bridgehead atoms. The van der Waals surface area contributed by atoms with E-state index < -0.39 is 12.1 Å². The number of benzene rings is 1. The maximum absolute atomic E-state index is 12.3. The molecule has 0 aliphatic rings. The molecular formula is C14H15ClN2O3S. The number of carbonyl (C=O) groups excluding carboxylic acids is 1. The monoisotopic (exact) mass is 326 g/mol. The lowest BCUT2D eigenvalue weighted by Gasteiger charge is -2.12. The van der Waals surface area contributed by atoms with Crippen molar-refractivity contribution in [1.82, 2.24) is 10.2 Å². The van der Waals surface area contributed by atoms with E-state index in [-0.39, 0.29) is 5.89 Å². The van der Waals surface area contributed by atoms with Gasteiger partial charge in [-0.1, -0.05) is 18.5 Å². The smallest absolute Gasteiger partial charge is 0.340 e. The Labute approximate surface area is 132 Å². The third-order valence-corrected chi connectivity index (χ3v) is 3.81. The molecule has 0 saturated heterocycles. The van der Waals surface area contributed by atoms with E-state index in [1.54, 1.807) is 32.0 Å². The Kier molecular flexibility index (Phi) is 5.25. The molecule has 0 N–H and O–H groups in total. The van der Waals surface area contributed by atoms with Crippen LogP contribution < -0.4 is 0 Å². The van der Waals surface area contributed by atoms with Crippen molar-refractivity contribution in [3.05, 3.63) is 40.6 Å². The quantitative estimate of drug-likeness (QED) is 0.609. The second kappa shape index (κ2) is 6.95. The number of esters is 1. The summed E-state index contributed by atoms with van der Waals surface area (Å²) in [7, 11) is 0. The number of hydrogen-bond acceptors (Lipinski definition) is 6. The fraction of sp³-hybridized carbons (Fsp3) is 0.357. The summed E-state index contributed by atoms with van der Waals surface area (Å²) in [6.07, 6.45) is -0.603. The molecule has 0 unspecified atom stereocenters. The van der Waals surface area contributed by atoms with Crippen molar-refractivity contribution in [3.63, 3.8) is 0 Å². The van der Waals surface area contributed by atoms with E-state index in [1.807, 2.05) is 6.92 Å². The molecule has 1 aromatic carbocycles. The van der Waals surface area contributed by atoms with Crippen molar-refractivity contribution in [1.29, 1.82) is 0 Å². The van der Waals surface area contributed by atoms with Gasteiger partial charge in [-0.2, -0.15) is 0 Å². The summed E-state index contributed by atoms with van der Waals surface area (Å²) >= 11 is 7.50. The van der Waals surface area contributed by atoms with E-state index >= 15 is 0 Å². The Hall–Kier alpha value is -1.53. The van der Waals surface area contributed by atoms with Crippen molar-refractivity contribution in [2.24, 2.45) is 0 Å². The van der Waals surface area contributed by atoms with Gasteiger partial charge in [-0.25, -0.2) is 4.79 Å². The van der Waals surface area contributed by atoms with Crippen LogP contribution in [0.25, 0.3) is 0 Å². The fourth-order valence-corrected chi connectivity index (χ4v) is 2.76. The summed E-state index contributed by atoms with van der Waals surface area (Å²) in [4.78, 5) is 13.1. The highest BCUT2D eigenvalue weighted by atomic mass is 35.5. The predicted octanol–water partition coefficient (Wildman–Crippen LogP) is 4.06. The lowest BCUT2D eigenvalue weighted by atomic mass is 10.2. The van der Waals surface area contributed by atoms with E-state index in [1.165, 1.54) is 11.8 Å². The van der Waals surface area contributed by atoms with E-state index in [9.17, 15) is 4.79 Å². The molecule has 0 aliphatic heterocycles. The molecule has 5 nitrogen and oxygen atoms in total. The molecule has 1 atom stereocenters. The van der Waals surface area contributed by atoms with E-state index in [4.69, 9.17) is 20.8 Å². The minimum Gasteiger partial charge on any atom is -0.449 e. The molecule has 0 amide bonds. The van der Waals surface area contributed by atoms with Crippen LogP contribution in [-0.4, -0.2) is 21.9 Å². The van der Waals surface area contributed by atoms with Crippen LogP contribution in [0.1, 0.15) is 42.1 Å². The van der Waals surface area contributed by atoms with Crippen molar-refractivity contribution in [2.45, 2.75) is 31.8 Å². The van der Waals surface area contributed by atoms with Gasteiger partial charge in [0.05, 0.1) is 5.56 Å². The molecule has 0 aliphatic carbocycles. The van der Waals surface area contributed by atoms with Gasteiger partial charge < -0.3 is 9.15 Å². The fourth-order valence-electron chi connectivity index (χ4n) is 1.69. The van der Waals surface area contributed by atoms with Gasteiger partial charge in [0, 0.05) is 16.8 Å². The Morgan fingerprint density at radius 2 is 2.24 bits per heavy atom. The summed E-state index contributed by atoms with van der Waals surface area (Å²) in [6, 6.07) is 5.08. The van der Waals surface area contributed by atoms with Crippen LogP contribution in [0.3, 0.4) is 0 Å². The highest BCUT2D eigenvalue weighted by Gasteiger charge is 2.20. The average Bonchev–Trinajstić information content (AvgIpc) is 2.86. The SMILES string of the molecule is CCSc1cc(Cl)ccc1C(=O)O[C@@H](C)c1nnc(C)o1. The van der Waals surface area contributed by atoms with Crippen LogP contribution in [0.2, 0.25) is 5.02 Å². The van der Waals surface area contributed by atoms with Crippen LogP contribution in [-0.2, 0) is 4.74 Å². The van der Waals surface area contributed by atoms with Gasteiger partial charge in [0.1, 0.15) is 0 Å². The zero-order chi connectivity index (χ0) is 15.4. The number of aromatic nitrogens is 2. The molecule has 2 aromatic rings. The van der Waals surface area contributed by atoms with Crippen LogP contribution >= 0.6 is 23.4 Å². The normalized spacial score (nSPS) is 12.2. The number of thioether (sulfide) groups is 1. The molecule has 1 aromatic heterocycles. The molecule has 0 fully saturated rings. The van der Waals surface area contributed by atoms with Crippen molar-refractivity contribution < 1.29 is 13.9 Å². The molecule has 1 heterocycles. The minimum atomic E-state index is -0.603. The second-order valence-electron chi connectivity index (χ2n) is 4.28. The van der Waals surface area contributed by atoms with Crippen molar-refractivity contribution in [3.8, 4) is 0 Å². The Morgan fingerprint density at radius 1 is 1.48 bits per heavy atom. The summed E-state index contributed by atoms with van der Waals surface area (Å²) in [6.45, 7) is 5.37. The topological polar surface area (TPSA) is 65.2 Å². The number of carbonyl (C=O) groups is 1. The Bertz CT molecular complexity index is 645. The lowest BCUT2D eigenvalue weighted by molar-refractivity contribution is 0.0273. The summed E-state index contributed by atoms with van der Waals surface area (Å²) in [5, 5.41) is 8.15. The number of halogens is 1. The van der Waals surface area contributed by atoms with Crippen molar-refractivity contribution in [2.75, 3.05) is 5.75 Å². The molecule has 0 radical (unpaired) electrons. The maximum Gasteiger partial charge on any atom is 0.340 e. The molecule has 2 rings (SSSR count). The summed E-state index contributed by atoms with van der Waals surface area (Å²) in [5.74, 6) is 1.10. The Balaban J connectivity index is 2.16. The van der Waals surface area contributed by atoms with Gasteiger partial charge in [-0.15, -0.1) is 22.0 Å². The maximum atomic E-state index is 12.3. The first kappa shape index (κ1) is 15.9. The van der Waals surface area contributed by atoms with Gasteiger partial charge in [0.2, 0.25) is 5.89 Å². The summed E-state index contributed by atoms with van der Waals surface area (Å²) < 4.78 is 10.6. The first-order chi connectivity index (χ1) is 10.0. The second-order valence-corrected chi connectivity index (χ2v) is 6.02. The van der Waals surface area contributed by atoms with Gasteiger partial charge in [-0.3, -0.25) is 0 Å². The predicted molar refractivity (Wildman–Crippen MR) is 80.7 cm³/mol. The van der Waals surface area contributed by atoms with Crippen molar-refractivity contribution >= 4 is 29.3 Å². The third kappa shape index (κ3) is 3.98. The van der Waals surface area contributed by atoms with Gasteiger partial charge in [0.15, 0.2) is 6.10 Å².